The fourth-order valence-electron chi connectivity index (χ4n) is 2.54. The molecular weight excluding hydrogens is 353 g/mol. The average molecular weight is 366 g/mol. The van der Waals surface area contributed by atoms with Gasteiger partial charge in [-0.05, 0) is 48.5 Å². The molecule has 2 aromatic carbocycles. The Bertz CT molecular complexity index is 910. The number of hydrogen-bond acceptors (Lipinski definition) is 3. The van der Waals surface area contributed by atoms with E-state index in [1.807, 2.05) is 0 Å². The SMILES string of the molecule is O=C(c1cccc(F)c1)N(c1ccc(Cl)cc1)[C@H]1C=CS(=O)(=O)C1. The molecule has 1 aliphatic heterocycles. The number of benzene rings is 2. The summed E-state index contributed by atoms with van der Waals surface area (Å²) in [6, 6.07) is 11.1. The van der Waals surface area contributed by atoms with Gasteiger partial charge in [0.2, 0.25) is 0 Å². The zero-order valence-electron chi connectivity index (χ0n) is 12.4. The lowest BCUT2D eigenvalue weighted by atomic mass is 10.1. The van der Waals surface area contributed by atoms with Gasteiger partial charge in [0.25, 0.3) is 5.91 Å². The first-order valence-electron chi connectivity index (χ1n) is 7.11. The second kappa shape index (κ2) is 6.37. The predicted molar refractivity (Wildman–Crippen MR) is 91.4 cm³/mol. The van der Waals surface area contributed by atoms with E-state index in [0.29, 0.717) is 10.7 Å². The molecule has 0 fully saturated rings. The molecule has 4 nitrogen and oxygen atoms in total. The largest absolute Gasteiger partial charge is 0.300 e. The summed E-state index contributed by atoms with van der Waals surface area (Å²) < 4.78 is 36.9. The van der Waals surface area contributed by atoms with Gasteiger partial charge < -0.3 is 4.90 Å². The van der Waals surface area contributed by atoms with Crippen LogP contribution in [-0.4, -0.2) is 26.1 Å². The van der Waals surface area contributed by atoms with Crippen LogP contribution >= 0.6 is 11.6 Å². The number of nitrogens with zero attached hydrogens (tertiary/aromatic N) is 1. The van der Waals surface area contributed by atoms with Crippen molar-refractivity contribution in [3.63, 3.8) is 0 Å². The van der Waals surface area contributed by atoms with Crippen LogP contribution in [0.15, 0.2) is 60.0 Å². The molecule has 7 heteroatoms. The van der Waals surface area contributed by atoms with E-state index in [9.17, 15) is 17.6 Å². The quantitative estimate of drug-likeness (QED) is 0.837. The molecule has 0 N–H and O–H groups in total. The molecule has 24 heavy (non-hydrogen) atoms. The molecule has 2 aromatic rings. The molecule has 0 spiro atoms. The zero-order chi connectivity index (χ0) is 17.3. The van der Waals surface area contributed by atoms with E-state index in [2.05, 4.69) is 0 Å². The number of hydrogen-bond donors (Lipinski definition) is 0. The van der Waals surface area contributed by atoms with Crippen LogP contribution in [0, 0.1) is 5.82 Å². The number of carbonyl (C=O) groups excluding carboxylic acids is 1. The summed E-state index contributed by atoms with van der Waals surface area (Å²) in [7, 11) is -3.36. The first kappa shape index (κ1) is 16.7. The third-order valence-corrected chi connectivity index (χ3v) is 5.27. The standard InChI is InChI=1S/C17H13ClFNO3S/c18-13-4-6-15(7-5-13)20(16-8-9-24(22,23)11-16)17(21)12-2-1-3-14(19)10-12/h1-10,16H,11H2/t16-/m0/s1. The molecule has 0 saturated carbocycles. The third kappa shape index (κ3) is 3.49. The van der Waals surface area contributed by atoms with Crippen molar-refractivity contribution in [3.8, 4) is 0 Å². The molecular formula is C17H13ClFNO3S. The second-order valence-corrected chi connectivity index (χ2v) is 7.75. The minimum Gasteiger partial charge on any atom is -0.300 e. The lowest BCUT2D eigenvalue weighted by molar-refractivity contribution is 0.0982. The number of halogens is 2. The van der Waals surface area contributed by atoms with Crippen LogP contribution in [0.4, 0.5) is 10.1 Å². The summed E-state index contributed by atoms with van der Waals surface area (Å²) in [5, 5.41) is 1.59. The first-order chi connectivity index (χ1) is 11.4. The maximum absolute atomic E-state index is 13.4. The van der Waals surface area contributed by atoms with Gasteiger partial charge in [0.1, 0.15) is 5.82 Å². The molecule has 1 atom stereocenters. The highest BCUT2D eigenvalue weighted by molar-refractivity contribution is 7.94. The molecule has 0 radical (unpaired) electrons. The van der Waals surface area contributed by atoms with Gasteiger partial charge in [-0.3, -0.25) is 4.79 Å². The van der Waals surface area contributed by atoms with Gasteiger partial charge in [0.15, 0.2) is 9.84 Å². The van der Waals surface area contributed by atoms with E-state index in [1.165, 1.54) is 29.2 Å². The van der Waals surface area contributed by atoms with Crippen molar-refractivity contribution in [2.75, 3.05) is 10.7 Å². The fourth-order valence-corrected chi connectivity index (χ4v) is 3.94. The van der Waals surface area contributed by atoms with Crippen LogP contribution in [0.2, 0.25) is 5.02 Å². The van der Waals surface area contributed by atoms with E-state index < -0.39 is 27.6 Å². The lowest BCUT2D eigenvalue weighted by Gasteiger charge is -2.28. The Morgan fingerprint density at radius 3 is 2.46 bits per heavy atom. The summed E-state index contributed by atoms with van der Waals surface area (Å²) in [6.07, 6.45) is 1.46. The number of rotatable bonds is 3. The summed E-state index contributed by atoms with van der Waals surface area (Å²) in [6.45, 7) is 0. The molecule has 3 rings (SSSR count). The summed E-state index contributed by atoms with van der Waals surface area (Å²) in [5.41, 5.74) is 0.628. The molecule has 0 aromatic heterocycles. The van der Waals surface area contributed by atoms with E-state index >= 15 is 0 Å². The number of anilines is 1. The average Bonchev–Trinajstić information content (AvgIpc) is 2.89. The van der Waals surface area contributed by atoms with Gasteiger partial charge in [-0.15, -0.1) is 0 Å². The van der Waals surface area contributed by atoms with Gasteiger partial charge >= 0.3 is 0 Å². The maximum atomic E-state index is 13.4. The van der Waals surface area contributed by atoms with Crippen LogP contribution in [-0.2, 0) is 9.84 Å². The van der Waals surface area contributed by atoms with Crippen molar-refractivity contribution in [1.29, 1.82) is 0 Å². The van der Waals surface area contributed by atoms with Crippen molar-refractivity contribution < 1.29 is 17.6 Å². The van der Waals surface area contributed by atoms with Gasteiger partial charge in [-0.1, -0.05) is 17.7 Å². The molecule has 1 amide bonds. The minimum atomic E-state index is -3.36. The fraction of sp³-hybridized carbons (Fsp3) is 0.118. The van der Waals surface area contributed by atoms with E-state index in [0.717, 1.165) is 11.5 Å². The van der Waals surface area contributed by atoms with Crippen molar-refractivity contribution >= 4 is 33.0 Å². The number of amides is 1. The predicted octanol–water partition coefficient (Wildman–Crippen LogP) is 3.44. The van der Waals surface area contributed by atoms with E-state index in [-0.39, 0.29) is 11.3 Å². The van der Waals surface area contributed by atoms with Crippen LogP contribution < -0.4 is 4.90 Å². The zero-order valence-corrected chi connectivity index (χ0v) is 14.0. The van der Waals surface area contributed by atoms with E-state index in [1.54, 1.807) is 24.3 Å². The van der Waals surface area contributed by atoms with Crippen molar-refractivity contribution in [3.05, 3.63) is 76.4 Å². The maximum Gasteiger partial charge on any atom is 0.258 e. The Morgan fingerprint density at radius 2 is 1.88 bits per heavy atom. The van der Waals surface area contributed by atoms with Crippen molar-refractivity contribution in [2.45, 2.75) is 6.04 Å². The van der Waals surface area contributed by atoms with Crippen LogP contribution in [0.25, 0.3) is 0 Å². The Balaban J connectivity index is 2.03. The van der Waals surface area contributed by atoms with Crippen molar-refractivity contribution in [2.24, 2.45) is 0 Å². The van der Waals surface area contributed by atoms with Crippen LogP contribution in [0.1, 0.15) is 10.4 Å². The molecule has 0 saturated heterocycles. The highest BCUT2D eigenvalue weighted by Gasteiger charge is 2.32. The Morgan fingerprint density at radius 1 is 1.17 bits per heavy atom. The van der Waals surface area contributed by atoms with Gasteiger partial charge in [-0.2, -0.15) is 0 Å². The second-order valence-electron chi connectivity index (χ2n) is 5.39. The Hall–Kier alpha value is -2.18. The molecule has 1 heterocycles. The normalized spacial score (nSPS) is 18.5. The van der Waals surface area contributed by atoms with Gasteiger partial charge in [-0.25, -0.2) is 12.8 Å². The van der Waals surface area contributed by atoms with Crippen LogP contribution in [0.3, 0.4) is 0 Å². The van der Waals surface area contributed by atoms with E-state index in [4.69, 9.17) is 11.6 Å². The Kier molecular flexibility index (Phi) is 4.43. The monoisotopic (exact) mass is 365 g/mol. The topological polar surface area (TPSA) is 54.5 Å². The molecule has 1 aliphatic rings. The van der Waals surface area contributed by atoms with Gasteiger partial charge in [0.05, 0.1) is 11.8 Å². The summed E-state index contributed by atoms with van der Waals surface area (Å²) in [5.74, 6) is -1.23. The molecule has 0 bridgehead atoms. The minimum absolute atomic E-state index is 0.141. The summed E-state index contributed by atoms with van der Waals surface area (Å²) in [4.78, 5) is 14.2. The molecule has 0 unspecified atom stereocenters. The highest BCUT2D eigenvalue weighted by atomic mass is 35.5. The number of sulfone groups is 1. The summed E-state index contributed by atoms with van der Waals surface area (Å²) >= 11 is 5.88. The lowest BCUT2D eigenvalue weighted by Crippen LogP contribution is -2.41. The van der Waals surface area contributed by atoms with Gasteiger partial charge in [0, 0.05) is 21.7 Å². The molecule has 0 aliphatic carbocycles. The van der Waals surface area contributed by atoms with Crippen molar-refractivity contribution in [1.82, 2.24) is 0 Å². The Labute approximate surface area is 144 Å². The van der Waals surface area contributed by atoms with Crippen LogP contribution in [0.5, 0.6) is 0 Å². The smallest absolute Gasteiger partial charge is 0.258 e. The molecule has 124 valence electrons. The third-order valence-electron chi connectivity index (χ3n) is 3.64. The highest BCUT2D eigenvalue weighted by Crippen LogP contribution is 2.26. The number of carbonyl (C=O) groups is 1. The first-order valence-corrected chi connectivity index (χ1v) is 9.21.